The van der Waals surface area contributed by atoms with Crippen molar-refractivity contribution in [3.63, 3.8) is 0 Å². The average Bonchev–Trinajstić information content (AvgIpc) is 2.86. The molecule has 19 heavy (non-hydrogen) atoms. The summed E-state index contributed by atoms with van der Waals surface area (Å²) in [7, 11) is 0. The Bertz CT molecular complexity index is 500. The lowest BCUT2D eigenvalue weighted by Gasteiger charge is -2.35. The second-order valence-corrected chi connectivity index (χ2v) is 5.26. The minimum atomic E-state index is -1.87. The molecular weight excluding hydrogens is 247 g/mol. The SMILES string of the molecule is NC1CN(C(=O)C2(F)CCOC2)Cc2ccccc21. The predicted octanol–water partition coefficient (Wildman–Crippen LogP) is 1.16. The maximum Gasteiger partial charge on any atom is 0.263 e. The van der Waals surface area contributed by atoms with E-state index in [1.54, 1.807) is 0 Å². The number of carbonyl (C=O) groups is 1. The van der Waals surface area contributed by atoms with E-state index in [2.05, 4.69) is 0 Å². The molecular formula is C14H17FN2O2. The first-order valence-electron chi connectivity index (χ1n) is 6.49. The quantitative estimate of drug-likeness (QED) is 0.828. The Morgan fingerprint density at radius 3 is 3.00 bits per heavy atom. The van der Waals surface area contributed by atoms with Gasteiger partial charge >= 0.3 is 0 Å². The standard InChI is InChI=1S/C14H17FN2O2/c15-14(5-6-19-9-14)13(18)17-7-10-3-1-2-4-11(10)12(16)8-17/h1-4,12H,5-9,16H2. The van der Waals surface area contributed by atoms with Gasteiger partial charge in [-0.1, -0.05) is 24.3 Å². The maximum atomic E-state index is 14.4. The lowest BCUT2D eigenvalue weighted by Crippen LogP contribution is -2.50. The molecule has 1 fully saturated rings. The van der Waals surface area contributed by atoms with Crippen LogP contribution in [0.3, 0.4) is 0 Å². The number of fused-ring (bicyclic) bond motifs is 1. The van der Waals surface area contributed by atoms with Crippen LogP contribution >= 0.6 is 0 Å². The average molecular weight is 264 g/mol. The van der Waals surface area contributed by atoms with Crippen LogP contribution in [0.1, 0.15) is 23.6 Å². The Balaban J connectivity index is 1.83. The van der Waals surface area contributed by atoms with Gasteiger partial charge in [0.15, 0.2) is 0 Å². The second kappa shape index (κ2) is 4.58. The second-order valence-electron chi connectivity index (χ2n) is 5.26. The van der Waals surface area contributed by atoms with E-state index in [1.807, 2.05) is 24.3 Å². The predicted molar refractivity (Wildman–Crippen MR) is 68.1 cm³/mol. The smallest absolute Gasteiger partial charge is 0.263 e. The van der Waals surface area contributed by atoms with Gasteiger partial charge in [0.25, 0.3) is 5.91 Å². The summed E-state index contributed by atoms with van der Waals surface area (Å²) in [5.74, 6) is -0.491. The molecule has 1 aromatic carbocycles. The van der Waals surface area contributed by atoms with Crippen LogP contribution in [-0.2, 0) is 16.1 Å². The summed E-state index contributed by atoms with van der Waals surface area (Å²) in [5, 5.41) is 0. The third-order valence-corrected chi connectivity index (χ3v) is 3.88. The number of alkyl halides is 1. The van der Waals surface area contributed by atoms with E-state index in [9.17, 15) is 9.18 Å². The molecule has 0 aromatic heterocycles. The van der Waals surface area contributed by atoms with Crippen LogP contribution in [0.4, 0.5) is 4.39 Å². The van der Waals surface area contributed by atoms with E-state index < -0.39 is 11.6 Å². The number of carbonyl (C=O) groups excluding carboxylic acids is 1. The fourth-order valence-corrected chi connectivity index (χ4v) is 2.79. The van der Waals surface area contributed by atoms with Crippen LogP contribution in [-0.4, -0.2) is 36.2 Å². The van der Waals surface area contributed by atoms with E-state index in [4.69, 9.17) is 10.5 Å². The Kier molecular flexibility index (Phi) is 3.03. The van der Waals surface area contributed by atoms with E-state index in [1.165, 1.54) is 4.90 Å². The third-order valence-electron chi connectivity index (χ3n) is 3.88. The molecule has 1 aromatic rings. The number of hydrogen-bond acceptors (Lipinski definition) is 3. The zero-order chi connectivity index (χ0) is 13.5. The molecule has 1 saturated heterocycles. The van der Waals surface area contributed by atoms with Crippen LogP contribution in [0.2, 0.25) is 0 Å². The maximum absolute atomic E-state index is 14.4. The molecule has 2 unspecified atom stereocenters. The molecule has 0 bridgehead atoms. The lowest BCUT2D eigenvalue weighted by molar-refractivity contribution is -0.145. The monoisotopic (exact) mass is 264 g/mol. The van der Waals surface area contributed by atoms with E-state index in [0.29, 0.717) is 19.7 Å². The van der Waals surface area contributed by atoms with Crippen molar-refractivity contribution in [2.45, 2.75) is 24.7 Å². The molecule has 2 atom stereocenters. The summed E-state index contributed by atoms with van der Waals surface area (Å²) in [5.41, 5.74) is 6.24. The fourth-order valence-electron chi connectivity index (χ4n) is 2.79. The van der Waals surface area contributed by atoms with E-state index in [-0.39, 0.29) is 19.1 Å². The van der Waals surface area contributed by atoms with Crippen molar-refractivity contribution in [3.05, 3.63) is 35.4 Å². The van der Waals surface area contributed by atoms with Crippen LogP contribution < -0.4 is 5.73 Å². The van der Waals surface area contributed by atoms with Crippen molar-refractivity contribution in [1.82, 2.24) is 4.90 Å². The molecule has 2 aliphatic heterocycles. The van der Waals surface area contributed by atoms with Gasteiger partial charge in [0.2, 0.25) is 5.67 Å². The molecule has 0 saturated carbocycles. The number of nitrogens with zero attached hydrogens (tertiary/aromatic N) is 1. The van der Waals surface area contributed by atoms with Gasteiger partial charge in [0, 0.05) is 25.6 Å². The van der Waals surface area contributed by atoms with Gasteiger partial charge in [-0.3, -0.25) is 4.79 Å². The number of rotatable bonds is 1. The van der Waals surface area contributed by atoms with Crippen molar-refractivity contribution in [1.29, 1.82) is 0 Å². The summed E-state index contributed by atoms with van der Waals surface area (Å²) in [6, 6.07) is 7.48. The molecule has 0 radical (unpaired) electrons. The van der Waals surface area contributed by atoms with Gasteiger partial charge < -0.3 is 15.4 Å². The minimum absolute atomic E-state index is 0.138. The van der Waals surface area contributed by atoms with E-state index >= 15 is 0 Å². The first-order chi connectivity index (χ1) is 9.10. The normalized spacial score (nSPS) is 30.2. The summed E-state index contributed by atoms with van der Waals surface area (Å²) in [6.07, 6.45) is 0.138. The number of hydrogen-bond donors (Lipinski definition) is 1. The van der Waals surface area contributed by atoms with Crippen molar-refractivity contribution in [3.8, 4) is 0 Å². The van der Waals surface area contributed by atoms with Gasteiger partial charge in [0.1, 0.15) is 0 Å². The number of nitrogens with two attached hydrogens (primary N) is 1. The van der Waals surface area contributed by atoms with Gasteiger partial charge in [-0.15, -0.1) is 0 Å². The molecule has 5 heteroatoms. The summed E-state index contributed by atoms with van der Waals surface area (Å²) < 4.78 is 19.5. The largest absolute Gasteiger partial charge is 0.377 e. The Hall–Kier alpha value is -1.46. The summed E-state index contributed by atoms with van der Waals surface area (Å²) in [6.45, 7) is 0.952. The number of halogens is 1. The first-order valence-corrected chi connectivity index (χ1v) is 6.49. The topological polar surface area (TPSA) is 55.6 Å². The molecule has 1 amide bonds. The minimum Gasteiger partial charge on any atom is -0.377 e. The Labute approximate surface area is 111 Å². The van der Waals surface area contributed by atoms with Gasteiger partial charge in [-0.05, 0) is 11.1 Å². The number of ether oxygens (including phenoxy) is 1. The molecule has 2 N–H and O–H groups in total. The highest BCUT2D eigenvalue weighted by molar-refractivity contribution is 5.86. The van der Waals surface area contributed by atoms with Gasteiger partial charge in [0.05, 0.1) is 13.2 Å². The fraction of sp³-hybridized carbons (Fsp3) is 0.500. The third kappa shape index (κ3) is 2.13. The first kappa shape index (κ1) is 12.6. The molecule has 4 nitrogen and oxygen atoms in total. The van der Waals surface area contributed by atoms with Crippen molar-refractivity contribution < 1.29 is 13.9 Å². The van der Waals surface area contributed by atoms with Crippen LogP contribution in [0.15, 0.2) is 24.3 Å². The zero-order valence-corrected chi connectivity index (χ0v) is 10.6. The summed E-state index contributed by atoms with van der Waals surface area (Å²) >= 11 is 0. The Morgan fingerprint density at radius 1 is 1.47 bits per heavy atom. The van der Waals surface area contributed by atoms with Gasteiger partial charge in [-0.25, -0.2) is 4.39 Å². The number of amides is 1. The van der Waals surface area contributed by atoms with Crippen molar-refractivity contribution in [2.24, 2.45) is 5.73 Å². The molecule has 3 rings (SSSR count). The highest BCUT2D eigenvalue weighted by Gasteiger charge is 2.46. The van der Waals surface area contributed by atoms with Crippen LogP contribution in [0.5, 0.6) is 0 Å². The lowest BCUT2D eigenvalue weighted by atomic mass is 9.94. The van der Waals surface area contributed by atoms with Crippen LogP contribution in [0.25, 0.3) is 0 Å². The number of benzene rings is 1. The van der Waals surface area contributed by atoms with Crippen molar-refractivity contribution >= 4 is 5.91 Å². The van der Waals surface area contributed by atoms with Gasteiger partial charge in [-0.2, -0.15) is 0 Å². The van der Waals surface area contributed by atoms with E-state index in [0.717, 1.165) is 11.1 Å². The van der Waals surface area contributed by atoms with Crippen molar-refractivity contribution in [2.75, 3.05) is 19.8 Å². The zero-order valence-electron chi connectivity index (χ0n) is 10.6. The molecule has 102 valence electrons. The summed E-state index contributed by atoms with van der Waals surface area (Å²) in [4.78, 5) is 13.8. The highest BCUT2D eigenvalue weighted by Crippen LogP contribution is 2.30. The molecule has 0 aliphatic carbocycles. The Morgan fingerprint density at radius 2 is 2.26 bits per heavy atom. The highest BCUT2D eigenvalue weighted by atomic mass is 19.1. The molecule has 2 heterocycles. The molecule has 0 spiro atoms. The van der Waals surface area contributed by atoms with Crippen LogP contribution in [0, 0.1) is 0 Å². The molecule has 2 aliphatic rings.